The van der Waals surface area contributed by atoms with Gasteiger partial charge in [-0.3, -0.25) is 9.59 Å². The molecule has 0 heterocycles. The number of benzene rings is 2. The van der Waals surface area contributed by atoms with Crippen molar-refractivity contribution in [1.82, 2.24) is 5.32 Å². The molecule has 5 nitrogen and oxygen atoms in total. The molecule has 124 valence electrons. The average Bonchev–Trinajstić information content (AvgIpc) is 2.58. The van der Waals surface area contributed by atoms with Crippen LogP contribution in [-0.2, 0) is 11.3 Å². The van der Waals surface area contributed by atoms with E-state index in [1.54, 1.807) is 55.7 Å². The molecule has 0 aliphatic carbocycles. The van der Waals surface area contributed by atoms with Gasteiger partial charge < -0.3 is 15.8 Å². The van der Waals surface area contributed by atoms with Gasteiger partial charge in [0.25, 0.3) is 0 Å². The summed E-state index contributed by atoms with van der Waals surface area (Å²) in [5, 5.41) is 3.31. The lowest BCUT2D eigenvalue weighted by atomic mass is 10.1. The van der Waals surface area contributed by atoms with Crippen molar-refractivity contribution in [3.05, 3.63) is 70.3 Å². The van der Waals surface area contributed by atoms with E-state index in [0.717, 1.165) is 5.56 Å². The molecule has 2 aromatic carbocycles. The lowest BCUT2D eigenvalue weighted by molar-refractivity contribution is -0.116. The molecule has 0 bridgehead atoms. The van der Waals surface area contributed by atoms with Crippen LogP contribution >= 0.6 is 11.6 Å². The summed E-state index contributed by atoms with van der Waals surface area (Å²) < 4.78 is 5.21. The van der Waals surface area contributed by atoms with E-state index in [1.807, 2.05) is 0 Å². The van der Waals surface area contributed by atoms with Crippen molar-refractivity contribution in [2.75, 3.05) is 7.11 Å². The second-order valence-corrected chi connectivity index (χ2v) is 5.44. The first-order chi connectivity index (χ1) is 11.5. The van der Waals surface area contributed by atoms with Gasteiger partial charge in [-0.2, -0.15) is 0 Å². The predicted octanol–water partition coefficient (Wildman–Crippen LogP) is 2.78. The number of nitrogens with two attached hydrogens (primary N) is 1. The van der Waals surface area contributed by atoms with Gasteiger partial charge >= 0.3 is 0 Å². The minimum absolute atomic E-state index is 0.254. The molecule has 0 saturated heterocycles. The monoisotopic (exact) mass is 344 g/mol. The SMILES string of the molecule is COc1ccc(Cl)cc1/C=C\C(=O)NCc1ccc(C(N)=O)cc1. The van der Waals surface area contributed by atoms with Gasteiger partial charge in [0.2, 0.25) is 11.8 Å². The number of carbonyl (C=O) groups is 2. The summed E-state index contributed by atoms with van der Waals surface area (Å²) in [6, 6.07) is 11.9. The third-order valence-electron chi connectivity index (χ3n) is 3.31. The molecule has 0 aliphatic rings. The van der Waals surface area contributed by atoms with Crippen LogP contribution in [0.2, 0.25) is 5.02 Å². The highest BCUT2D eigenvalue weighted by molar-refractivity contribution is 6.30. The fourth-order valence-electron chi connectivity index (χ4n) is 2.04. The Kier molecular flexibility index (Phi) is 5.98. The Labute approximate surface area is 145 Å². The van der Waals surface area contributed by atoms with Crippen LogP contribution in [0.1, 0.15) is 21.5 Å². The fourth-order valence-corrected chi connectivity index (χ4v) is 2.22. The van der Waals surface area contributed by atoms with E-state index in [0.29, 0.717) is 28.4 Å². The van der Waals surface area contributed by atoms with Gasteiger partial charge in [0.15, 0.2) is 0 Å². The third kappa shape index (κ3) is 4.86. The van der Waals surface area contributed by atoms with Crippen molar-refractivity contribution in [2.45, 2.75) is 6.54 Å². The Bertz CT molecular complexity index is 770. The zero-order valence-corrected chi connectivity index (χ0v) is 13.8. The molecule has 0 radical (unpaired) electrons. The molecular formula is C18H17ClN2O3. The zero-order valence-electron chi connectivity index (χ0n) is 13.1. The second kappa shape index (κ2) is 8.17. The Hall–Kier alpha value is -2.79. The van der Waals surface area contributed by atoms with Crippen molar-refractivity contribution >= 4 is 29.5 Å². The topological polar surface area (TPSA) is 81.4 Å². The van der Waals surface area contributed by atoms with Crippen LogP contribution in [0.5, 0.6) is 5.75 Å². The summed E-state index contributed by atoms with van der Waals surface area (Å²) >= 11 is 5.94. The highest BCUT2D eigenvalue weighted by Crippen LogP contribution is 2.23. The molecule has 24 heavy (non-hydrogen) atoms. The lowest BCUT2D eigenvalue weighted by Gasteiger charge is -2.05. The maximum Gasteiger partial charge on any atom is 0.248 e. The van der Waals surface area contributed by atoms with E-state index in [9.17, 15) is 9.59 Å². The van der Waals surface area contributed by atoms with Gasteiger partial charge in [-0.15, -0.1) is 0 Å². The van der Waals surface area contributed by atoms with Crippen LogP contribution in [0.3, 0.4) is 0 Å². The zero-order chi connectivity index (χ0) is 17.5. The largest absolute Gasteiger partial charge is 0.496 e. The lowest BCUT2D eigenvalue weighted by Crippen LogP contribution is -2.20. The number of carbonyl (C=O) groups excluding carboxylic acids is 2. The molecule has 2 amide bonds. The summed E-state index contributed by atoms with van der Waals surface area (Å²) in [6.07, 6.45) is 3.04. The van der Waals surface area contributed by atoms with Crippen LogP contribution in [0.25, 0.3) is 6.08 Å². The Morgan fingerprint density at radius 1 is 1.21 bits per heavy atom. The Morgan fingerprint density at radius 2 is 1.92 bits per heavy atom. The number of primary amides is 1. The number of methoxy groups -OCH3 is 1. The van der Waals surface area contributed by atoms with Gasteiger partial charge in [-0.05, 0) is 42.0 Å². The van der Waals surface area contributed by atoms with Gasteiger partial charge in [0.05, 0.1) is 7.11 Å². The summed E-state index contributed by atoms with van der Waals surface area (Å²) in [6.45, 7) is 0.342. The number of rotatable bonds is 6. The molecule has 2 rings (SSSR count). The number of halogens is 1. The highest BCUT2D eigenvalue weighted by Gasteiger charge is 2.03. The maximum absolute atomic E-state index is 11.9. The standard InChI is InChI=1S/C18H17ClN2O3/c1-24-16-8-7-15(19)10-14(16)6-9-17(22)21-11-12-2-4-13(5-3-12)18(20)23/h2-10H,11H2,1H3,(H2,20,23)(H,21,22)/b9-6-. The van der Waals surface area contributed by atoms with E-state index >= 15 is 0 Å². The first-order valence-electron chi connectivity index (χ1n) is 7.18. The molecule has 2 aromatic rings. The summed E-state index contributed by atoms with van der Waals surface area (Å²) in [7, 11) is 1.55. The molecule has 0 aliphatic heterocycles. The van der Waals surface area contributed by atoms with E-state index in [-0.39, 0.29) is 5.91 Å². The summed E-state index contributed by atoms with van der Waals surface area (Å²) in [5.41, 5.74) is 7.18. The summed E-state index contributed by atoms with van der Waals surface area (Å²) in [4.78, 5) is 22.9. The summed E-state index contributed by atoms with van der Waals surface area (Å²) in [5.74, 6) is -0.106. The molecule has 0 atom stereocenters. The normalized spacial score (nSPS) is 10.6. The molecule has 3 N–H and O–H groups in total. The molecule has 0 spiro atoms. The van der Waals surface area contributed by atoms with Crippen LogP contribution in [0, 0.1) is 0 Å². The van der Waals surface area contributed by atoms with E-state index in [4.69, 9.17) is 22.1 Å². The number of hydrogen-bond acceptors (Lipinski definition) is 3. The van der Waals surface area contributed by atoms with Gasteiger partial charge in [-0.1, -0.05) is 23.7 Å². The number of hydrogen-bond donors (Lipinski definition) is 2. The number of amides is 2. The van der Waals surface area contributed by atoms with Crippen LogP contribution in [-0.4, -0.2) is 18.9 Å². The molecular weight excluding hydrogens is 328 g/mol. The predicted molar refractivity (Wildman–Crippen MR) is 93.8 cm³/mol. The van der Waals surface area contributed by atoms with E-state index in [2.05, 4.69) is 5.32 Å². The van der Waals surface area contributed by atoms with E-state index < -0.39 is 5.91 Å². The highest BCUT2D eigenvalue weighted by atomic mass is 35.5. The number of nitrogens with one attached hydrogen (secondary N) is 1. The fraction of sp³-hybridized carbons (Fsp3) is 0.111. The first-order valence-corrected chi connectivity index (χ1v) is 7.55. The molecule has 0 unspecified atom stereocenters. The van der Waals surface area contributed by atoms with Crippen molar-refractivity contribution in [1.29, 1.82) is 0 Å². The Balaban J connectivity index is 1.96. The van der Waals surface area contributed by atoms with Crippen LogP contribution in [0.15, 0.2) is 48.5 Å². The molecule has 0 fully saturated rings. The van der Waals surface area contributed by atoms with E-state index in [1.165, 1.54) is 6.08 Å². The first kappa shape index (κ1) is 17.6. The second-order valence-electron chi connectivity index (χ2n) is 5.00. The van der Waals surface area contributed by atoms with Crippen LogP contribution < -0.4 is 15.8 Å². The quantitative estimate of drug-likeness (QED) is 0.790. The van der Waals surface area contributed by atoms with Crippen molar-refractivity contribution in [3.8, 4) is 5.75 Å². The molecule has 0 aromatic heterocycles. The van der Waals surface area contributed by atoms with Crippen molar-refractivity contribution < 1.29 is 14.3 Å². The number of ether oxygens (including phenoxy) is 1. The maximum atomic E-state index is 11.9. The van der Waals surface area contributed by atoms with Gasteiger partial charge in [0.1, 0.15) is 5.75 Å². The van der Waals surface area contributed by atoms with Gasteiger partial charge in [0, 0.05) is 28.8 Å². The van der Waals surface area contributed by atoms with Crippen LogP contribution in [0.4, 0.5) is 0 Å². The smallest absolute Gasteiger partial charge is 0.248 e. The van der Waals surface area contributed by atoms with Crippen molar-refractivity contribution in [2.24, 2.45) is 5.73 Å². The minimum Gasteiger partial charge on any atom is -0.496 e. The minimum atomic E-state index is -0.482. The van der Waals surface area contributed by atoms with Crippen molar-refractivity contribution in [3.63, 3.8) is 0 Å². The Morgan fingerprint density at radius 3 is 2.54 bits per heavy atom. The third-order valence-corrected chi connectivity index (χ3v) is 3.55. The van der Waals surface area contributed by atoms with Gasteiger partial charge in [-0.25, -0.2) is 0 Å². The molecule has 6 heteroatoms. The average molecular weight is 345 g/mol. The molecule has 0 saturated carbocycles.